The van der Waals surface area contributed by atoms with Gasteiger partial charge in [-0.2, -0.15) is 0 Å². The van der Waals surface area contributed by atoms with Gasteiger partial charge in [0.25, 0.3) is 0 Å². The van der Waals surface area contributed by atoms with Crippen molar-refractivity contribution in [3.8, 4) is 0 Å². The second kappa shape index (κ2) is 6.03. The molecule has 2 heteroatoms. The number of rotatable bonds is 4. The van der Waals surface area contributed by atoms with Crippen molar-refractivity contribution in [2.75, 3.05) is 0 Å². The molecule has 0 nitrogen and oxygen atoms in total. The molecule has 1 fully saturated rings. The molecular weight excluding hydrogens is 325 g/mol. The molecule has 0 saturated heterocycles. The average Bonchev–Trinajstić information content (AvgIpc) is 1.93. The van der Waals surface area contributed by atoms with Crippen molar-refractivity contribution in [1.82, 2.24) is 0 Å². The van der Waals surface area contributed by atoms with Gasteiger partial charge in [-0.3, -0.25) is 0 Å². The minimum absolute atomic E-state index is 1.01. The van der Waals surface area contributed by atoms with Crippen molar-refractivity contribution in [1.29, 1.82) is 0 Å². The van der Waals surface area contributed by atoms with Crippen LogP contribution in [-0.4, -0.2) is 26.5 Å². The summed E-state index contributed by atoms with van der Waals surface area (Å²) in [4.78, 5) is 0. The third-order valence-electron chi connectivity index (χ3n) is 3.94. The van der Waals surface area contributed by atoms with Crippen LogP contribution in [0.1, 0.15) is 26.2 Å². The van der Waals surface area contributed by atoms with Crippen LogP contribution < -0.4 is 0 Å². The van der Waals surface area contributed by atoms with Gasteiger partial charge in [-0.1, -0.05) is 0 Å². The van der Waals surface area contributed by atoms with Crippen molar-refractivity contribution in [2.24, 2.45) is 17.8 Å². The van der Waals surface area contributed by atoms with E-state index in [0.29, 0.717) is 0 Å². The van der Waals surface area contributed by atoms with Gasteiger partial charge >= 0.3 is 116 Å². The molecule has 1 aliphatic carbocycles. The van der Waals surface area contributed by atoms with Gasteiger partial charge in [-0.15, -0.1) is 0 Å². The van der Waals surface area contributed by atoms with Crippen LogP contribution in [0.15, 0.2) is 0 Å². The summed E-state index contributed by atoms with van der Waals surface area (Å²) in [6, 6.07) is 0. The fourth-order valence-corrected chi connectivity index (χ4v) is 12.6. The molecule has 0 spiro atoms. The molecule has 17 heavy (non-hydrogen) atoms. The van der Waals surface area contributed by atoms with E-state index in [9.17, 15) is 0 Å². The Hall–Kier alpha value is 1.09. The summed E-state index contributed by atoms with van der Waals surface area (Å²) in [5.74, 6) is 18.7. The Labute approximate surface area is 115 Å². The Balaban J connectivity index is 2.53. The first-order chi connectivity index (χ1) is 7.55. The van der Waals surface area contributed by atoms with Gasteiger partial charge in [-0.05, 0) is 0 Å². The van der Waals surface area contributed by atoms with E-state index in [-0.39, 0.29) is 0 Å². The molecular formula is C15H34Ge2. The van der Waals surface area contributed by atoms with Crippen molar-refractivity contribution < 1.29 is 0 Å². The van der Waals surface area contributed by atoms with E-state index in [1.807, 2.05) is 0 Å². The number of hydrogen-bond donors (Lipinski definition) is 0. The van der Waals surface area contributed by atoms with Gasteiger partial charge in [0.1, 0.15) is 0 Å². The van der Waals surface area contributed by atoms with Crippen LogP contribution in [0.25, 0.3) is 0 Å². The second-order valence-electron chi connectivity index (χ2n) is 9.07. The minimum atomic E-state index is -1.33. The molecule has 0 aliphatic heterocycles. The van der Waals surface area contributed by atoms with Gasteiger partial charge in [0, 0.05) is 0 Å². The second-order valence-corrected chi connectivity index (χ2v) is 32.3. The van der Waals surface area contributed by atoms with Crippen molar-refractivity contribution in [3.63, 3.8) is 0 Å². The maximum absolute atomic E-state index is 2.59. The summed E-state index contributed by atoms with van der Waals surface area (Å²) >= 11 is -2.65. The molecule has 1 aliphatic rings. The maximum atomic E-state index is 2.59. The molecule has 102 valence electrons. The van der Waals surface area contributed by atoms with Crippen LogP contribution in [-0.2, 0) is 0 Å². The van der Waals surface area contributed by atoms with Gasteiger partial charge in [0.05, 0.1) is 0 Å². The van der Waals surface area contributed by atoms with Crippen LogP contribution in [0.3, 0.4) is 0 Å². The molecule has 0 aromatic heterocycles. The molecule has 1 saturated carbocycles. The summed E-state index contributed by atoms with van der Waals surface area (Å²) in [6.45, 7) is 2.50. The molecule has 1 rings (SSSR count). The molecule has 0 amide bonds. The molecule has 3 atom stereocenters. The topological polar surface area (TPSA) is 0 Å². The van der Waals surface area contributed by atoms with Gasteiger partial charge in [0.15, 0.2) is 0 Å². The molecule has 0 aromatic carbocycles. The first-order valence-corrected chi connectivity index (χ1v) is 23.1. The van der Waals surface area contributed by atoms with Crippen molar-refractivity contribution >= 4 is 26.5 Å². The summed E-state index contributed by atoms with van der Waals surface area (Å²) in [5, 5.41) is 3.25. The normalized spacial score (nSPS) is 31.6. The molecule has 0 N–H and O–H groups in total. The monoisotopic (exact) mass is 362 g/mol. The predicted molar refractivity (Wildman–Crippen MR) is 86.3 cm³/mol. The van der Waals surface area contributed by atoms with E-state index >= 15 is 0 Å². The Bertz CT molecular complexity index is 210. The Morgan fingerprint density at radius 3 is 1.35 bits per heavy atom. The first-order valence-electron chi connectivity index (χ1n) is 7.55. The van der Waals surface area contributed by atoms with E-state index < -0.39 is 26.5 Å². The number of hydrogen-bond acceptors (Lipinski definition) is 0. The third-order valence-corrected chi connectivity index (χ3v) is 11.5. The van der Waals surface area contributed by atoms with E-state index in [2.05, 4.69) is 41.5 Å². The fourth-order valence-electron chi connectivity index (χ4n) is 3.96. The van der Waals surface area contributed by atoms with Gasteiger partial charge in [0.2, 0.25) is 0 Å². The average molecular weight is 360 g/mol. The first kappa shape index (κ1) is 16.1. The van der Waals surface area contributed by atoms with E-state index in [4.69, 9.17) is 0 Å². The van der Waals surface area contributed by atoms with Gasteiger partial charge in [-0.25, -0.2) is 0 Å². The summed E-state index contributed by atoms with van der Waals surface area (Å²) in [7, 11) is 0. The predicted octanol–water partition coefficient (Wildman–Crippen LogP) is 5.72. The SMILES string of the molecule is CC1C[C@@H]([CH2][Ge]([CH3])([CH3])[CH3])C[C@@H]([CH2][Ge]([CH3])([CH3])[CH3])C1. The fraction of sp³-hybridized carbons (Fsp3) is 1.00. The summed E-state index contributed by atoms with van der Waals surface area (Å²) < 4.78 is 0. The molecule has 0 heterocycles. The van der Waals surface area contributed by atoms with Crippen molar-refractivity contribution in [3.05, 3.63) is 0 Å². The zero-order valence-corrected chi connectivity index (χ0v) is 17.5. The van der Waals surface area contributed by atoms with Gasteiger partial charge < -0.3 is 0 Å². The summed E-state index contributed by atoms with van der Waals surface area (Å²) in [5.41, 5.74) is 0. The molecule has 0 aromatic rings. The Kier molecular flexibility index (Phi) is 5.72. The van der Waals surface area contributed by atoms with Crippen molar-refractivity contribution in [2.45, 2.75) is 71.2 Å². The van der Waals surface area contributed by atoms with E-state index in [0.717, 1.165) is 17.8 Å². The van der Waals surface area contributed by atoms with Crippen LogP contribution in [0.5, 0.6) is 0 Å². The van der Waals surface area contributed by atoms with Crippen LogP contribution in [0.4, 0.5) is 0 Å². The van der Waals surface area contributed by atoms with E-state index in [1.165, 1.54) is 12.8 Å². The van der Waals surface area contributed by atoms with Crippen LogP contribution >= 0.6 is 0 Å². The van der Waals surface area contributed by atoms with Crippen LogP contribution in [0, 0.1) is 17.8 Å². The third kappa shape index (κ3) is 7.30. The quantitative estimate of drug-likeness (QED) is 0.564. The van der Waals surface area contributed by atoms with E-state index in [1.54, 1.807) is 16.9 Å². The zero-order chi connectivity index (χ0) is 13.3. The Morgan fingerprint density at radius 1 is 0.706 bits per heavy atom. The zero-order valence-electron chi connectivity index (χ0n) is 13.3. The van der Waals surface area contributed by atoms with Crippen LogP contribution in [0.2, 0.25) is 45.0 Å². The molecule has 1 unspecified atom stereocenters. The standard InChI is InChI=1S/C15H34Ge2/c1-13-8-14(11-16(2,3)4)10-15(9-13)12-17(5,6)7/h13-15H,8-12H2,1-7H3/t13?,14-,15+. The molecule has 0 bridgehead atoms. The molecule has 0 radical (unpaired) electrons. The summed E-state index contributed by atoms with van der Waals surface area (Å²) in [6.07, 6.45) is 4.65. The Morgan fingerprint density at radius 2 is 1.06 bits per heavy atom.